The van der Waals surface area contributed by atoms with Gasteiger partial charge in [-0.3, -0.25) is 9.20 Å². The molecule has 0 aliphatic heterocycles. The highest BCUT2D eigenvalue weighted by atomic mass is 16.4. The van der Waals surface area contributed by atoms with Crippen LogP contribution in [-0.2, 0) is 11.2 Å². The summed E-state index contributed by atoms with van der Waals surface area (Å²) in [5, 5.41) is 16.8. The number of hydrogen-bond acceptors (Lipinski definition) is 3. The molecule has 16 heavy (non-hydrogen) atoms. The van der Waals surface area contributed by atoms with Crippen molar-refractivity contribution in [1.29, 1.82) is 0 Å². The van der Waals surface area contributed by atoms with E-state index < -0.39 is 5.97 Å². The third-order valence-corrected chi connectivity index (χ3v) is 2.61. The van der Waals surface area contributed by atoms with E-state index in [1.165, 1.54) is 0 Å². The van der Waals surface area contributed by atoms with Crippen LogP contribution in [0.3, 0.4) is 0 Å². The molecule has 0 amide bonds. The maximum absolute atomic E-state index is 10.7. The van der Waals surface area contributed by atoms with Crippen molar-refractivity contribution in [3.63, 3.8) is 0 Å². The first-order chi connectivity index (χ1) is 7.58. The minimum absolute atomic E-state index is 0.383. The Bertz CT molecular complexity index is 533. The van der Waals surface area contributed by atoms with E-state index in [0.29, 0.717) is 6.42 Å². The second-order valence-corrected chi connectivity index (χ2v) is 3.95. The number of carbonyl (C=O) groups is 1. The number of aliphatic carboxylic acids is 1. The number of carboxylic acids is 1. The highest BCUT2D eigenvalue weighted by Gasteiger charge is 2.12. The molecule has 0 fully saturated rings. The third-order valence-electron chi connectivity index (χ3n) is 2.61. The van der Waals surface area contributed by atoms with E-state index >= 15 is 0 Å². The van der Waals surface area contributed by atoms with Gasteiger partial charge >= 0.3 is 5.97 Å². The van der Waals surface area contributed by atoms with Gasteiger partial charge < -0.3 is 5.11 Å². The minimum atomic E-state index is -0.780. The van der Waals surface area contributed by atoms with Crippen LogP contribution < -0.4 is 0 Å². The maximum Gasteiger partial charge on any atom is 0.306 e. The lowest BCUT2D eigenvalue weighted by atomic mass is 10.0. The van der Waals surface area contributed by atoms with Gasteiger partial charge in [-0.25, -0.2) is 0 Å². The maximum atomic E-state index is 10.7. The molecule has 1 atom stereocenters. The third kappa shape index (κ3) is 1.88. The monoisotopic (exact) mass is 219 g/mol. The van der Waals surface area contributed by atoms with Gasteiger partial charge in [-0.2, -0.15) is 0 Å². The number of hydrogen-bond donors (Lipinski definition) is 1. The van der Waals surface area contributed by atoms with E-state index in [0.717, 1.165) is 17.0 Å². The average molecular weight is 219 g/mol. The molecule has 0 aliphatic rings. The molecule has 0 radical (unpaired) electrons. The topological polar surface area (TPSA) is 67.5 Å². The van der Waals surface area contributed by atoms with E-state index in [-0.39, 0.29) is 5.92 Å². The first kappa shape index (κ1) is 10.6. The molecule has 1 unspecified atom stereocenters. The van der Waals surface area contributed by atoms with Crippen molar-refractivity contribution >= 4 is 11.6 Å². The molecule has 84 valence electrons. The van der Waals surface area contributed by atoms with E-state index in [1.807, 2.05) is 29.7 Å². The van der Waals surface area contributed by atoms with E-state index in [9.17, 15) is 4.79 Å². The van der Waals surface area contributed by atoms with Gasteiger partial charge in [0.25, 0.3) is 0 Å². The number of carboxylic acid groups (broad SMARTS) is 1. The van der Waals surface area contributed by atoms with Crippen molar-refractivity contribution in [2.24, 2.45) is 5.92 Å². The molecular weight excluding hydrogens is 206 g/mol. The Balaban J connectivity index is 2.29. The van der Waals surface area contributed by atoms with Crippen LogP contribution in [0.1, 0.15) is 18.3 Å². The molecule has 2 heterocycles. The smallest absolute Gasteiger partial charge is 0.306 e. The van der Waals surface area contributed by atoms with Crippen molar-refractivity contribution in [2.45, 2.75) is 20.3 Å². The van der Waals surface area contributed by atoms with Gasteiger partial charge in [0.05, 0.1) is 5.92 Å². The van der Waals surface area contributed by atoms with E-state index in [4.69, 9.17) is 5.11 Å². The zero-order valence-electron chi connectivity index (χ0n) is 9.21. The van der Waals surface area contributed by atoms with Gasteiger partial charge in [0.1, 0.15) is 5.82 Å². The molecule has 2 aromatic rings. The Morgan fingerprint density at radius 2 is 2.31 bits per heavy atom. The Morgan fingerprint density at radius 3 is 3.00 bits per heavy atom. The second kappa shape index (κ2) is 3.92. The highest BCUT2D eigenvalue weighted by molar-refractivity contribution is 5.70. The molecule has 0 saturated carbocycles. The van der Waals surface area contributed by atoms with Crippen LogP contribution in [0.5, 0.6) is 0 Å². The number of aromatic nitrogens is 3. The van der Waals surface area contributed by atoms with Crippen LogP contribution in [0.2, 0.25) is 0 Å². The summed E-state index contributed by atoms with van der Waals surface area (Å²) in [4.78, 5) is 10.7. The summed E-state index contributed by atoms with van der Waals surface area (Å²) in [7, 11) is 0. The van der Waals surface area contributed by atoms with Crippen molar-refractivity contribution in [3.8, 4) is 0 Å². The predicted octanol–water partition coefficient (Wildman–Crippen LogP) is 1.30. The Hall–Kier alpha value is -1.91. The predicted molar refractivity (Wildman–Crippen MR) is 58.2 cm³/mol. The van der Waals surface area contributed by atoms with Crippen LogP contribution in [-0.4, -0.2) is 25.7 Å². The summed E-state index contributed by atoms with van der Waals surface area (Å²) in [6.07, 6.45) is 2.38. The van der Waals surface area contributed by atoms with E-state index in [1.54, 1.807) is 6.92 Å². The fourth-order valence-corrected chi connectivity index (χ4v) is 1.62. The molecule has 0 spiro atoms. The Kier molecular flexibility index (Phi) is 2.60. The van der Waals surface area contributed by atoms with Crippen LogP contribution in [0.25, 0.3) is 5.65 Å². The summed E-state index contributed by atoms with van der Waals surface area (Å²) in [6, 6.07) is 3.78. The first-order valence-corrected chi connectivity index (χ1v) is 5.11. The molecule has 5 nitrogen and oxygen atoms in total. The van der Waals surface area contributed by atoms with Gasteiger partial charge in [-0.15, -0.1) is 10.2 Å². The molecule has 0 bridgehead atoms. The van der Waals surface area contributed by atoms with Crippen LogP contribution >= 0.6 is 0 Å². The fraction of sp³-hybridized carbons (Fsp3) is 0.364. The standard InChI is InChI=1S/C11H13N3O2/c1-7(11(15)16)5-9-3-4-14-8(2)12-13-10(14)6-9/h3-4,6-7H,5H2,1-2H3,(H,15,16). The number of pyridine rings is 1. The summed E-state index contributed by atoms with van der Waals surface area (Å²) in [6.45, 7) is 3.57. The van der Waals surface area contributed by atoms with Gasteiger partial charge in [-0.1, -0.05) is 6.92 Å². The van der Waals surface area contributed by atoms with Crippen LogP contribution in [0.15, 0.2) is 18.3 Å². The number of aryl methyl sites for hydroxylation is 1. The van der Waals surface area contributed by atoms with Crippen molar-refractivity contribution in [2.75, 3.05) is 0 Å². The molecule has 0 aromatic carbocycles. The van der Waals surface area contributed by atoms with Gasteiger partial charge in [0.15, 0.2) is 5.65 Å². The fourth-order valence-electron chi connectivity index (χ4n) is 1.62. The molecule has 0 aliphatic carbocycles. The number of fused-ring (bicyclic) bond motifs is 1. The molecule has 5 heteroatoms. The van der Waals surface area contributed by atoms with E-state index in [2.05, 4.69) is 10.2 Å². The van der Waals surface area contributed by atoms with Gasteiger partial charge in [-0.05, 0) is 31.0 Å². The lowest BCUT2D eigenvalue weighted by Crippen LogP contribution is -2.12. The summed E-state index contributed by atoms with van der Waals surface area (Å²) in [5.41, 5.74) is 1.72. The van der Waals surface area contributed by atoms with Crippen molar-refractivity contribution in [1.82, 2.24) is 14.6 Å². The lowest BCUT2D eigenvalue weighted by Gasteiger charge is -2.06. The SMILES string of the molecule is Cc1nnc2cc(CC(C)C(=O)O)ccn12. The van der Waals surface area contributed by atoms with Crippen LogP contribution in [0, 0.1) is 12.8 Å². The first-order valence-electron chi connectivity index (χ1n) is 5.11. The zero-order chi connectivity index (χ0) is 11.7. The average Bonchev–Trinajstić information content (AvgIpc) is 2.60. The summed E-state index contributed by atoms with van der Waals surface area (Å²) in [5.74, 6) is -0.336. The number of rotatable bonds is 3. The van der Waals surface area contributed by atoms with Crippen molar-refractivity contribution in [3.05, 3.63) is 29.7 Å². The zero-order valence-corrected chi connectivity index (χ0v) is 9.21. The summed E-state index contributed by atoms with van der Waals surface area (Å²) >= 11 is 0. The molecule has 0 saturated heterocycles. The number of nitrogens with zero attached hydrogens (tertiary/aromatic N) is 3. The largest absolute Gasteiger partial charge is 0.481 e. The Labute approximate surface area is 92.7 Å². The normalized spacial score (nSPS) is 12.9. The highest BCUT2D eigenvalue weighted by Crippen LogP contribution is 2.11. The molecule has 2 aromatic heterocycles. The Morgan fingerprint density at radius 1 is 1.56 bits per heavy atom. The molecule has 1 N–H and O–H groups in total. The van der Waals surface area contributed by atoms with Gasteiger partial charge in [0, 0.05) is 6.20 Å². The van der Waals surface area contributed by atoms with Crippen LogP contribution in [0.4, 0.5) is 0 Å². The second-order valence-electron chi connectivity index (χ2n) is 3.95. The minimum Gasteiger partial charge on any atom is -0.481 e. The quantitative estimate of drug-likeness (QED) is 0.844. The molecule has 2 rings (SSSR count). The molecular formula is C11H13N3O2. The summed E-state index contributed by atoms with van der Waals surface area (Å²) < 4.78 is 1.87. The van der Waals surface area contributed by atoms with Gasteiger partial charge in [0.2, 0.25) is 0 Å². The lowest BCUT2D eigenvalue weighted by molar-refractivity contribution is -0.141. The van der Waals surface area contributed by atoms with Crippen molar-refractivity contribution < 1.29 is 9.90 Å².